The van der Waals surface area contributed by atoms with E-state index in [1.807, 2.05) is 18.2 Å². The molecule has 18 heavy (non-hydrogen) atoms. The van der Waals surface area contributed by atoms with Crippen LogP contribution in [0.3, 0.4) is 0 Å². The van der Waals surface area contributed by atoms with Crippen molar-refractivity contribution in [3.63, 3.8) is 0 Å². The lowest BCUT2D eigenvalue weighted by molar-refractivity contribution is 0.199. The van der Waals surface area contributed by atoms with E-state index >= 15 is 0 Å². The first-order valence-electron chi connectivity index (χ1n) is 6.10. The fraction of sp³-hybridized carbons (Fsp3) is 0.462. The molecule has 0 aliphatic carbocycles. The van der Waals surface area contributed by atoms with E-state index in [0.717, 1.165) is 41.5 Å². The van der Waals surface area contributed by atoms with E-state index in [0.29, 0.717) is 6.61 Å². The molecule has 0 amide bonds. The molecule has 1 heterocycles. The maximum Gasteiger partial charge on any atom is 0.123 e. The zero-order chi connectivity index (χ0) is 13.0. The molecule has 0 fully saturated rings. The number of halogens is 1. The van der Waals surface area contributed by atoms with Crippen molar-refractivity contribution in [3.8, 4) is 0 Å². The van der Waals surface area contributed by atoms with Crippen molar-refractivity contribution in [2.75, 3.05) is 20.3 Å². The highest BCUT2D eigenvalue weighted by Gasteiger charge is 2.09. The Morgan fingerprint density at radius 3 is 3.00 bits per heavy atom. The van der Waals surface area contributed by atoms with Crippen LogP contribution in [-0.2, 0) is 17.8 Å². The van der Waals surface area contributed by atoms with Crippen LogP contribution in [0.4, 0.5) is 0 Å². The average molecular weight is 268 g/mol. The second kappa shape index (κ2) is 6.18. The molecule has 0 unspecified atom stereocenters. The van der Waals surface area contributed by atoms with Gasteiger partial charge in [0.25, 0.3) is 0 Å². The first kappa shape index (κ1) is 13.3. The summed E-state index contributed by atoms with van der Waals surface area (Å²) in [5.74, 6) is 1.03. The van der Waals surface area contributed by atoms with Crippen LogP contribution in [0.5, 0.6) is 0 Å². The van der Waals surface area contributed by atoms with E-state index in [-0.39, 0.29) is 0 Å². The largest absolute Gasteiger partial charge is 0.383 e. The Labute approximate surface area is 112 Å². The third kappa shape index (κ3) is 2.83. The lowest BCUT2D eigenvalue weighted by atomic mass is 10.3. The van der Waals surface area contributed by atoms with Gasteiger partial charge in [-0.2, -0.15) is 0 Å². The van der Waals surface area contributed by atoms with Crippen molar-refractivity contribution in [2.24, 2.45) is 0 Å². The summed E-state index contributed by atoms with van der Waals surface area (Å²) in [5.41, 5.74) is 2.08. The van der Waals surface area contributed by atoms with Gasteiger partial charge in [0, 0.05) is 25.2 Å². The standard InChI is InChI=1S/C13H18ClN3O/c1-3-17-12-5-4-10(14)8-11(12)16-13(17)9-15-6-7-18-2/h4-5,8,15H,3,6-7,9H2,1-2H3. The molecule has 98 valence electrons. The second-order valence-corrected chi connectivity index (χ2v) is 4.51. The van der Waals surface area contributed by atoms with Crippen LogP contribution in [0.1, 0.15) is 12.7 Å². The van der Waals surface area contributed by atoms with E-state index in [2.05, 4.69) is 21.8 Å². The Balaban J connectivity index is 2.21. The minimum absolute atomic E-state index is 0.707. The number of aromatic nitrogens is 2. The lowest BCUT2D eigenvalue weighted by Crippen LogP contribution is -2.21. The van der Waals surface area contributed by atoms with E-state index in [1.165, 1.54) is 0 Å². The molecule has 1 N–H and O–H groups in total. The number of imidazole rings is 1. The number of benzene rings is 1. The molecule has 0 bridgehead atoms. The number of nitrogens with one attached hydrogen (secondary N) is 1. The molecule has 0 radical (unpaired) electrons. The van der Waals surface area contributed by atoms with Crippen molar-refractivity contribution in [2.45, 2.75) is 20.0 Å². The van der Waals surface area contributed by atoms with Crippen molar-refractivity contribution >= 4 is 22.6 Å². The van der Waals surface area contributed by atoms with Crippen LogP contribution < -0.4 is 5.32 Å². The molecule has 0 spiro atoms. The van der Waals surface area contributed by atoms with E-state index in [4.69, 9.17) is 16.3 Å². The maximum absolute atomic E-state index is 5.99. The monoisotopic (exact) mass is 267 g/mol. The van der Waals surface area contributed by atoms with E-state index < -0.39 is 0 Å². The van der Waals surface area contributed by atoms with Crippen LogP contribution in [0.15, 0.2) is 18.2 Å². The molecule has 0 aliphatic heterocycles. The van der Waals surface area contributed by atoms with Crippen LogP contribution in [0.25, 0.3) is 11.0 Å². The SMILES string of the molecule is CCn1c(CNCCOC)nc2cc(Cl)ccc21. The van der Waals surface area contributed by atoms with Crippen molar-refractivity contribution in [1.82, 2.24) is 14.9 Å². The predicted octanol–water partition coefficient (Wildman–Crippen LogP) is 2.45. The van der Waals surface area contributed by atoms with E-state index in [9.17, 15) is 0 Å². The van der Waals surface area contributed by atoms with Gasteiger partial charge >= 0.3 is 0 Å². The topological polar surface area (TPSA) is 39.1 Å². The number of aryl methyl sites for hydroxylation is 1. The predicted molar refractivity (Wildman–Crippen MR) is 74.0 cm³/mol. The van der Waals surface area contributed by atoms with Gasteiger partial charge in [0.2, 0.25) is 0 Å². The average Bonchev–Trinajstić information content (AvgIpc) is 2.71. The fourth-order valence-corrected chi connectivity index (χ4v) is 2.18. The van der Waals surface area contributed by atoms with Crippen LogP contribution in [0, 0.1) is 0 Å². The van der Waals surface area contributed by atoms with Gasteiger partial charge in [0.1, 0.15) is 5.82 Å². The number of methoxy groups -OCH3 is 1. The zero-order valence-corrected chi connectivity index (χ0v) is 11.5. The molecule has 2 rings (SSSR count). The fourth-order valence-electron chi connectivity index (χ4n) is 2.02. The summed E-state index contributed by atoms with van der Waals surface area (Å²) < 4.78 is 7.20. The van der Waals surface area contributed by atoms with Gasteiger partial charge in [-0.15, -0.1) is 0 Å². The summed E-state index contributed by atoms with van der Waals surface area (Å²) in [7, 11) is 1.70. The molecule has 0 atom stereocenters. The third-order valence-electron chi connectivity index (χ3n) is 2.87. The summed E-state index contributed by atoms with van der Waals surface area (Å²) in [4.78, 5) is 4.62. The van der Waals surface area contributed by atoms with E-state index in [1.54, 1.807) is 7.11 Å². The number of ether oxygens (including phenoxy) is 1. The highest BCUT2D eigenvalue weighted by atomic mass is 35.5. The van der Waals surface area contributed by atoms with Gasteiger partial charge in [0.05, 0.1) is 24.2 Å². The number of nitrogens with zero attached hydrogens (tertiary/aromatic N) is 2. The number of fused-ring (bicyclic) bond motifs is 1. The summed E-state index contributed by atoms with van der Waals surface area (Å²) in [6.45, 7) is 5.29. The molecule has 5 heteroatoms. The Bertz CT molecular complexity index is 524. The minimum atomic E-state index is 0.707. The first-order valence-corrected chi connectivity index (χ1v) is 6.48. The highest BCUT2D eigenvalue weighted by molar-refractivity contribution is 6.31. The van der Waals surface area contributed by atoms with Crippen molar-refractivity contribution in [3.05, 3.63) is 29.0 Å². The normalized spacial score (nSPS) is 11.3. The first-order chi connectivity index (χ1) is 8.76. The van der Waals surface area contributed by atoms with Crippen molar-refractivity contribution in [1.29, 1.82) is 0 Å². The van der Waals surface area contributed by atoms with Crippen LogP contribution in [0.2, 0.25) is 5.02 Å². The summed E-state index contributed by atoms with van der Waals surface area (Å²) in [5, 5.41) is 4.04. The van der Waals surface area contributed by atoms with Gasteiger partial charge in [0.15, 0.2) is 0 Å². The van der Waals surface area contributed by atoms with Crippen LogP contribution in [-0.4, -0.2) is 29.8 Å². The number of rotatable bonds is 6. The maximum atomic E-state index is 5.99. The van der Waals surface area contributed by atoms with Gasteiger partial charge < -0.3 is 14.6 Å². The Hall–Kier alpha value is -1.10. The second-order valence-electron chi connectivity index (χ2n) is 4.07. The molecule has 2 aromatic rings. The quantitative estimate of drug-likeness (QED) is 0.817. The Morgan fingerprint density at radius 1 is 1.44 bits per heavy atom. The van der Waals surface area contributed by atoms with Gasteiger partial charge in [-0.25, -0.2) is 4.98 Å². The molecule has 4 nitrogen and oxygen atoms in total. The van der Waals surface area contributed by atoms with Gasteiger partial charge in [-0.1, -0.05) is 11.6 Å². The molecular weight excluding hydrogens is 250 g/mol. The molecule has 1 aromatic carbocycles. The Morgan fingerprint density at radius 2 is 2.28 bits per heavy atom. The summed E-state index contributed by atoms with van der Waals surface area (Å²) in [6.07, 6.45) is 0. The summed E-state index contributed by atoms with van der Waals surface area (Å²) in [6, 6.07) is 5.83. The molecule has 0 aliphatic rings. The Kier molecular flexibility index (Phi) is 4.58. The van der Waals surface area contributed by atoms with Crippen LogP contribution >= 0.6 is 11.6 Å². The number of hydrogen-bond acceptors (Lipinski definition) is 3. The minimum Gasteiger partial charge on any atom is -0.383 e. The summed E-state index contributed by atoms with van der Waals surface area (Å²) >= 11 is 5.99. The molecular formula is C13H18ClN3O. The van der Waals surface area contributed by atoms with Gasteiger partial charge in [-0.05, 0) is 25.1 Å². The van der Waals surface area contributed by atoms with Crippen molar-refractivity contribution < 1.29 is 4.74 Å². The molecule has 0 saturated heterocycles. The number of hydrogen-bond donors (Lipinski definition) is 1. The lowest BCUT2D eigenvalue weighted by Gasteiger charge is -2.07. The molecule has 1 aromatic heterocycles. The zero-order valence-electron chi connectivity index (χ0n) is 10.7. The van der Waals surface area contributed by atoms with Gasteiger partial charge in [-0.3, -0.25) is 0 Å². The highest BCUT2D eigenvalue weighted by Crippen LogP contribution is 2.20. The molecule has 0 saturated carbocycles. The smallest absolute Gasteiger partial charge is 0.123 e. The third-order valence-corrected chi connectivity index (χ3v) is 3.11.